The van der Waals surface area contributed by atoms with E-state index in [4.69, 9.17) is 23.4 Å². The third-order valence-corrected chi connectivity index (χ3v) is 11.2. The lowest BCUT2D eigenvalue weighted by Gasteiger charge is -2.66. The van der Waals surface area contributed by atoms with Crippen molar-refractivity contribution in [1.29, 1.82) is 0 Å². The van der Waals surface area contributed by atoms with Gasteiger partial charge in [-0.15, -0.1) is 0 Å². The third kappa shape index (κ3) is 3.36. The lowest BCUT2D eigenvalue weighted by Crippen LogP contribution is -2.71. The Morgan fingerprint density at radius 3 is 2.61 bits per heavy atom. The molecule has 2 N–H and O–H groups in total. The molecule has 12 atom stereocenters. The molecule has 0 amide bonds. The minimum absolute atomic E-state index is 0.115. The van der Waals surface area contributed by atoms with Crippen molar-refractivity contribution in [2.45, 2.75) is 104 Å². The van der Waals surface area contributed by atoms with E-state index >= 15 is 0 Å². The maximum absolute atomic E-state index is 12.3. The quantitative estimate of drug-likeness (QED) is 0.445. The molecule has 210 valence electrons. The smallest absolute Gasteiger partial charge is 0.302 e. The van der Waals surface area contributed by atoms with Crippen molar-refractivity contribution >= 4 is 5.97 Å². The highest BCUT2D eigenvalue weighted by Crippen LogP contribution is 2.72. The van der Waals surface area contributed by atoms with Gasteiger partial charge < -0.3 is 33.6 Å². The summed E-state index contributed by atoms with van der Waals surface area (Å²) in [5, 5.41) is 24.3. The second-order valence-corrected chi connectivity index (χ2v) is 12.9. The molecule has 2 saturated heterocycles. The largest absolute Gasteiger partial charge is 0.472 e. The molecule has 0 aromatic carbocycles. The van der Waals surface area contributed by atoms with Crippen LogP contribution in [0.3, 0.4) is 0 Å². The molecule has 0 unspecified atom stereocenters. The molecule has 1 aromatic heterocycles. The first-order chi connectivity index (χ1) is 18.0. The lowest BCUT2D eigenvalue weighted by atomic mass is 9.39. The molecular formula is C30H42O8. The van der Waals surface area contributed by atoms with Crippen molar-refractivity contribution in [1.82, 2.24) is 0 Å². The number of hydrogen-bond donors (Lipinski definition) is 2. The number of allylic oxidation sites excluding steroid dienone is 1. The van der Waals surface area contributed by atoms with E-state index in [0.29, 0.717) is 26.1 Å². The van der Waals surface area contributed by atoms with E-state index in [1.165, 1.54) is 12.5 Å². The molecule has 3 heterocycles. The molecule has 1 aromatic rings. The average Bonchev–Trinajstić information content (AvgIpc) is 3.56. The van der Waals surface area contributed by atoms with Crippen LogP contribution in [0.5, 0.6) is 0 Å². The molecular weight excluding hydrogens is 488 g/mol. The highest BCUT2D eigenvalue weighted by atomic mass is 16.7. The van der Waals surface area contributed by atoms with Gasteiger partial charge in [-0.3, -0.25) is 4.79 Å². The van der Waals surface area contributed by atoms with E-state index in [-0.39, 0.29) is 29.8 Å². The van der Waals surface area contributed by atoms with Gasteiger partial charge in [0.05, 0.1) is 43.5 Å². The summed E-state index contributed by atoms with van der Waals surface area (Å²) >= 11 is 0. The van der Waals surface area contributed by atoms with Crippen molar-refractivity contribution in [3.8, 4) is 0 Å². The summed E-state index contributed by atoms with van der Waals surface area (Å²) in [6, 6.07) is 2.00. The molecule has 38 heavy (non-hydrogen) atoms. The van der Waals surface area contributed by atoms with E-state index in [0.717, 1.165) is 17.6 Å². The number of rotatable bonds is 4. The van der Waals surface area contributed by atoms with Crippen LogP contribution < -0.4 is 0 Å². The van der Waals surface area contributed by atoms with E-state index in [2.05, 4.69) is 27.7 Å². The van der Waals surface area contributed by atoms with E-state index < -0.39 is 47.0 Å². The zero-order chi connectivity index (χ0) is 27.2. The van der Waals surface area contributed by atoms with Crippen molar-refractivity contribution < 1.29 is 38.4 Å². The minimum Gasteiger partial charge on any atom is -0.472 e. The summed E-state index contributed by atoms with van der Waals surface area (Å²) in [6.07, 6.45) is 1.88. The van der Waals surface area contributed by atoms with Crippen LogP contribution in [0.4, 0.5) is 0 Å². The Morgan fingerprint density at radius 1 is 1.18 bits per heavy atom. The first-order valence-electron chi connectivity index (χ1n) is 14.1. The highest BCUT2D eigenvalue weighted by Gasteiger charge is 2.76. The molecule has 5 aliphatic rings. The molecule has 0 bridgehead atoms. The van der Waals surface area contributed by atoms with E-state index in [1.807, 2.05) is 13.0 Å². The van der Waals surface area contributed by atoms with Crippen LogP contribution in [0.25, 0.3) is 0 Å². The Bertz CT molecular complexity index is 1110. The van der Waals surface area contributed by atoms with Crippen LogP contribution in [0, 0.1) is 28.1 Å². The van der Waals surface area contributed by atoms with Gasteiger partial charge in [0.15, 0.2) is 6.29 Å². The third-order valence-electron chi connectivity index (χ3n) is 11.2. The van der Waals surface area contributed by atoms with Crippen molar-refractivity contribution in [3.63, 3.8) is 0 Å². The molecule has 3 aliphatic carbocycles. The minimum atomic E-state index is -0.824. The zero-order valence-electron chi connectivity index (χ0n) is 23.3. The molecule has 8 nitrogen and oxygen atoms in total. The fourth-order valence-corrected chi connectivity index (χ4v) is 9.70. The number of hydrogen-bond acceptors (Lipinski definition) is 8. The second-order valence-electron chi connectivity index (χ2n) is 12.9. The normalized spacial score (nSPS) is 49.7. The number of fused-ring (bicyclic) bond motifs is 4. The number of ether oxygens (including phenoxy) is 4. The molecule has 0 spiro atoms. The molecule has 2 saturated carbocycles. The number of aliphatic hydroxyl groups is 2. The van der Waals surface area contributed by atoms with Crippen LogP contribution in [-0.4, -0.2) is 66.2 Å². The van der Waals surface area contributed by atoms with Gasteiger partial charge in [0.2, 0.25) is 0 Å². The summed E-state index contributed by atoms with van der Waals surface area (Å²) in [7, 11) is 0. The maximum Gasteiger partial charge on any atom is 0.302 e. The zero-order valence-corrected chi connectivity index (χ0v) is 23.3. The Balaban J connectivity index is 1.52. The van der Waals surface area contributed by atoms with Gasteiger partial charge in [-0.2, -0.15) is 0 Å². The molecule has 0 radical (unpaired) electrons. The van der Waals surface area contributed by atoms with Crippen molar-refractivity contribution in [2.75, 3.05) is 13.2 Å². The predicted octanol–water partition coefficient (Wildman–Crippen LogP) is 3.96. The summed E-state index contributed by atoms with van der Waals surface area (Å²) in [4.78, 5) is 12.0. The van der Waals surface area contributed by atoms with Crippen molar-refractivity contribution in [2.24, 2.45) is 28.1 Å². The first-order valence-corrected chi connectivity index (χ1v) is 14.1. The highest BCUT2D eigenvalue weighted by molar-refractivity contribution is 5.66. The molecule has 8 heteroatoms. The second kappa shape index (κ2) is 8.90. The summed E-state index contributed by atoms with van der Waals surface area (Å²) < 4.78 is 30.5. The Morgan fingerprint density at radius 2 is 1.95 bits per heavy atom. The summed E-state index contributed by atoms with van der Waals surface area (Å²) in [6.45, 7) is 12.8. The predicted molar refractivity (Wildman–Crippen MR) is 137 cm³/mol. The summed E-state index contributed by atoms with van der Waals surface area (Å²) in [5.74, 6) is -0.614. The van der Waals surface area contributed by atoms with Crippen LogP contribution >= 0.6 is 0 Å². The fraction of sp³-hybridized carbons (Fsp3) is 0.767. The maximum atomic E-state index is 12.3. The number of carbonyl (C=O) groups is 1. The van der Waals surface area contributed by atoms with Crippen LogP contribution in [0.15, 0.2) is 34.2 Å². The fourth-order valence-electron chi connectivity index (χ4n) is 9.70. The van der Waals surface area contributed by atoms with Gasteiger partial charge in [-0.1, -0.05) is 26.3 Å². The number of esters is 1. The van der Waals surface area contributed by atoms with Crippen LogP contribution in [0.2, 0.25) is 0 Å². The van der Waals surface area contributed by atoms with Gasteiger partial charge >= 0.3 is 5.97 Å². The van der Waals surface area contributed by atoms with Crippen LogP contribution in [-0.2, 0) is 23.7 Å². The monoisotopic (exact) mass is 530 g/mol. The van der Waals surface area contributed by atoms with Gasteiger partial charge in [-0.05, 0) is 43.4 Å². The first kappa shape index (κ1) is 26.5. The lowest BCUT2D eigenvalue weighted by molar-refractivity contribution is -0.256. The number of aliphatic hydroxyl groups excluding tert-OH is 2. The number of carbonyl (C=O) groups excluding carboxylic acids is 1. The topological polar surface area (TPSA) is 108 Å². The van der Waals surface area contributed by atoms with E-state index in [9.17, 15) is 15.0 Å². The van der Waals surface area contributed by atoms with E-state index in [1.54, 1.807) is 12.5 Å². The average molecular weight is 531 g/mol. The van der Waals surface area contributed by atoms with Crippen molar-refractivity contribution in [3.05, 3.63) is 35.3 Å². The standard InChI is InChI=1S/C30H42O8/c1-7-35-23-11-20-29(5)21(32)12-22(37-16(3)31)28(4)14-36-25(26(28)29)27(33)30(20,6)24-15(2)18(10-19(24)38-23)17-8-9-34-13-17/h8-9,13,18-23,25-27,32-33H,7,10-12,14H2,1-6H3/t18-,19+,20-,21+,22-,23+,25-,26+,27-,28-,29+,30-/m1/s1. The van der Waals surface area contributed by atoms with Gasteiger partial charge in [0.1, 0.15) is 6.10 Å². The van der Waals surface area contributed by atoms with Crippen LogP contribution in [0.1, 0.15) is 72.3 Å². The van der Waals surface area contributed by atoms with Gasteiger partial charge in [0.25, 0.3) is 0 Å². The molecule has 6 rings (SSSR count). The van der Waals surface area contributed by atoms with Gasteiger partial charge in [0, 0.05) is 54.5 Å². The number of furan rings is 1. The Labute approximate surface area is 224 Å². The Kier molecular flexibility index (Phi) is 6.21. The molecule has 4 fully saturated rings. The SMILES string of the molecule is CCO[C@@H]1C[C@H]2[C@](C)(C3=C(C)[C@H](c4ccoc4)C[C@@H]3O1)[C@H](O)[C@@H]1OC[C@]3(C)[C@H](OC(C)=O)C[C@H](O)[C@@]2(C)[C@@H]13. The van der Waals surface area contributed by atoms with Gasteiger partial charge in [-0.25, -0.2) is 0 Å². The summed E-state index contributed by atoms with van der Waals surface area (Å²) in [5.41, 5.74) is 1.52. The Hall–Kier alpha value is -1.71. The molecule has 2 aliphatic heterocycles.